The van der Waals surface area contributed by atoms with E-state index in [2.05, 4.69) is 0 Å². The number of allylic oxidation sites excluding steroid dienone is 2. The highest BCUT2D eigenvalue weighted by Crippen LogP contribution is 2.32. The maximum Gasteiger partial charge on any atom is 0.471 e. The van der Waals surface area contributed by atoms with Crippen LogP contribution in [0, 0.1) is 5.92 Å². The van der Waals surface area contributed by atoms with Crippen molar-refractivity contribution in [2.24, 2.45) is 5.92 Å². The Bertz CT molecular complexity index is 332. The summed E-state index contributed by atoms with van der Waals surface area (Å²) in [5.74, 6) is -1.68. The predicted octanol–water partition coefficient (Wildman–Crippen LogP) is 1.89. The van der Waals surface area contributed by atoms with E-state index in [9.17, 15) is 18.0 Å². The van der Waals surface area contributed by atoms with Crippen molar-refractivity contribution in [3.05, 3.63) is 24.3 Å². The summed E-state index contributed by atoms with van der Waals surface area (Å²) in [6.45, 7) is 0.183. The third kappa shape index (κ3) is 1.78. The molecular weight excluding hydrogens is 207 g/mol. The minimum Gasteiger partial charge on any atom is -0.328 e. The van der Waals surface area contributed by atoms with E-state index in [4.69, 9.17) is 0 Å². The van der Waals surface area contributed by atoms with Gasteiger partial charge in [-0.2, -0.15) is 13.2 Å². The highest BCUT2D eigenvalue weighted by Gasteiger charge is 2.47. The zero-order valence-corrected chi connectivity index (χ0v) is 7.87. The fourth-order valence-electron chi connectivity index (χ4n) is 2.08. The monoisotopic (exact) mass is 217 g/mol. The van der Waals surface area contributed by atoms with E-state index in [0.29, 0.717) is 6.42 Å². The number of carbonyl (C=O) groups is 1. The average molecular weight is 217 g/mol. The van der Waals surface area contributed by atoms with Gasteiger partial charge in [-0.1, -0.05) is 24.3 Å². The van der Waals surface area contributed by atoms with Crippen molar-refractivity contribution < 1.29 is 18.0 Å². The van der Waals surface area contributed by atoms with E-state index in [1.807, 2.05) is 12.2 Å². The Morgan fingerprint density at radius 3 is 2.60 bits per heavy atom. The summed E-state index contributed by atoms with van der Waals surface area (Å²) in [7, 11) is 0. The van der Waals surface area contributed by atoms with Crippen LogP contribution in [0.4, 0.5) is 13.2 Å². The van der Waals surface area contributed by atoms with Gasteiger partial charge >= 0.3 is 12.1 Å². The molecule has 5 heteroatoms. The third-order valence-corrected chi connectivity index (χ3v) is 2.78. The lowest BCUT2D eigenvalue weighted by molar-refractivity contribution is -0.185. The summed E-state index contributed by atoms with van der Waals surface area (Å²) in [6, 6.07) is -0.413. The Morgan fingerprint density at radius 1 is 1.27 bits per heavy atom. The van der Waals surface area contributed by atoms with Gasteiger partial charge in [0.05, 0.1) is 6.04 Å². The van der Waals surface area contributed by atoms with Crippen LogP contribution in [0.5, 0.6) is 0 Å². The molecule has 2 aliphatic rings. The minimum atomic E-state index is -4.76. The highest BCUT2D eigenvalue weighted by molar-refractivity contribution is 5.82. The number of nitrogens with zero attached hydrogens (tertiary/aromatic N) is 1. The molecule has 0 saturated carbocycles. The van der Waals surface area contributed by atoms with Gasteiger partial charge in [-0.3, -0.25) is 4.79 Å². The molecule has 1 heterocycles. The van der Waals surface area contributed by atoms with E-state index in [1.165, 1.54) is 0 Å². The number of halogens is 3. The number of rotatable bonds is 0. The zero-order valence-electron chi connectivity index (χ0n) is 7.87. The van der Waals surface area contributed by atoms with Crippen molar-refractivity contribution in [2.75, 3.05) is 6.54 Å². The van der Waals surface area contributed by atoms with Crippen LogP contribution >= 0.6 is 0 Å². The number of carbonyl (C=O) groups excluding carboxylic acids is 1. The molecule has 1 aliphatic heterocycles. The number of amides is 1. The molecule has 0 spiro atoms. The third-order valence-electron chi connectivity index (χ3n) is 2.78. The van der Waals surface area contributed by atoms with E-state index in [0.717, 1.165) is 4.90 Å². The second-order valence-corrected chi connectivity index (χ2v) is 3.71. The van der Waals surface area contributed by atoms with Gasteiger partial charge in [-0.15, -0.1) is 0 Å². The first-order chi connectivity index (χ1) is 7.00. The van der Waals surface area contributed by atoms with Crippen LogP contribution in [0.15, 0.2) is 24.3 Å². The fourth-order valence-corrected chi connectivity index (χ4v) is 2.08. The Hall–Kier alpha value is -1.26. The van der Waals surface area contributed by atoms with Gasteiger partial charge in [0, 0.05) is 12.5 Å². The molecule has 0 aromatic carbocycles. The van der Waals surface area contributed by atoms with E-state index in [1.54, 1.807) is 12.2 Å². The van der Waals surface area contributed by atoms with Crippen molar-refractivity contribution in [1.82, 2.24) is 4.90 Å². The summed E-state index contributed by atoms with van der Waals surface area (Å²) in [6.07, 6.45) is 2.85. The second-order valence-electron chi connectivity index (χ2n) is 3.71. The molecule has 2 nitrogen and oxygen atoms in total. The first-order valence-corrected chi connectivity index (χ1v) is 4.73. The first kappa shape index (κ1) is 10.3. The van der Waals surface area contributed by atoms with Crippen molar-refractivity contribution in [3.63, 3.8) is 0 Å². The number of hydrogen-bond donors (Lipinski definition) is 0. The molecule has 15 heavy (non-hydrogen) atoms. The van der Waals surface area contributed by atoms with E-state index < -0.39 is 18.1 Å². The van der Waals surface area contributed by atoms with Crippen LogP contribution in [0.1, 0.15) is 6.42 Å². The second kappa shape index (κ2) is 3.40. The van der Waals surface area contributed by atoms with Crippen molar-refractivity contribution >= 4 is 5.91 Å². The molecule has 0 N–H and O–H groups in total. The molecule has 1 aliphatic carbocycles. The Balaban J connectivity index is 2.16. The number of likely N-dealkylation sites (tertiary alicyclic amines) is 1. The molecule has 2 unspecified atom stereocenters. The SMILES string of the molecule is O=C(N1CCC2C=CC=CC21)C(F)(F)F. The average Bonchev–Trinajstić information content (AvgIpc) is 2.58. The summed E-state index contributed by atoms with van der Waals surface area (Å²) in [5, 5.41) is 0. The quantitative estimate of drug-likeness (QED) is 0.606. The summed E-state index contributed by atoms with van der Waals surface area (Å²) in [4.78, 5) is 12.0. The van der Waals surface area contributed by atoms with Crippen LogP contribution in [-0.2, 0) is 4.79 Å². The molecule has 0 aromatic heterocycles. The lowest BCUT2D eigenvalue weighted by Gasteiger charge is -2.26. The van der Waals surface area contributed by atoms with Gasteiger partial charge in [0.2, 0.25) is 0 Å². The lowest BCUT2D eigenvalue weighted by atomic mass is 9.96. The zero-order chi connectivity index (χ0) is 11.1. The largest absolute Gasteiger partial charge is 0.471 e. The van der Waals surface area contributed by atoms with Crippen LogP contribution < -0.4 is 0 Å². The molecule has 0 aromatic rings. The molecule has 2 rings (SSSR count). The number of hydrogen-bond acceptors (Lipinski definition) is 1. The highest BCUT2D eigenvalue weighted by atomic mass is 19.4. The van der Waals surface area contributed by atoms with Gasteiger partial charge in [0.25, 0.3) is 0 Å². The molecule has 0 bridgehead atoms. The van der Waals surface area contributed by atoms with Crippen LogP contribution in [0.3, 0.4) is 0 Å². The molecule has 1 fully saturated rings. The molecule has 0 radical (unpaired) electrons. The van der Waals surface area contributed by atoms with Crippen molar-refractivity contribution in [1.29, 1.82) is 0 Å². The molecule has 2 atom stereocenters. The maximum absolute atomic E-state index is 12.2. The molecular formula is C10H10F3NO. The smallest absolute Gasteiger partial charge is 0.328 e. The van der Waals surface area contributed by atoms with E-state index >= 15 is 0 Å². The lowest BCUT2D eigenvalue weighted by Crippen LogP contribution is -2.44. The molecule has 82 valence electrons. The van der Waals surface area contributed by atoms with Gasteiger partial charge < -0.3 is 4.90 Å². The van der Waals surface area contributed by atoms with Gasteiger partial charge in [0.15, 0.2) is 0 Å². The molecule has 1 saturated heterocycles. The van der Waals surface area contributed by atoms with E-state index in [-0.39, 0.29) is 12.5 Å². The van der Waals surface area contributed by atoms with Gasteiger partial charge in [-0.25, -0.2) is 0 Å². The van der Waals surface area contributed by atoms with Crippen LogP contribution in [0.25, 0.3) is 0 Å². The van der Waals surface area contributed by atoms with Crippen LogP contribution in [0.2, 0.25) is 0 Å². The summed E-state index contributed by atoms with van der Waals surface area (Å²) >= 11 is 0. The fraction of sp³-hybridized carbons (Fsp3) is 0.500. The van der Waals surface area contributed by atoms with Crippen LogP contribution in [-0.4, -0.2) is 29.6 Å². The normalized spacial score (nSPS) is 29.4. The summed E-state index contributed by atoms with van der Waals surface area (Å²) in [5.41, 5.74) is 0. The number of fused-ring (bicyclic) bond motifs is 1. The number of alkyl halides is 3. The Labute approximate surface area is 85.1 Å². The topological polar surface area (TPSA) is 20.3 Å². The Kier molecular flexibility index (Phi) is 2.32. The molecule has 1 amide bonds. The van der Waals surface area contributed by atoms with Crippen molar-refractivity contribution in [2.45, 2.75) is 18.6 Å². The summed E-state index contributed by atoms with van der Waals surface area (Å²) < 4.78 is 36.7. The van der Waals surface area contributed by atoms with Gasteiger partial charge in [0.1, 0.15) is 0 Å². The first-order valence-electron chi connectivity index (χ1n) is 4.73. The van der Waals surface area contributed by atoms with Gasteiger partial charge in [-0.05, 0) is 6.42 Å². The van der Waals surface area contributed by atoms with Crippen molar-refractivity contribution in [3.8, 4) is 0 Å². The predicted molar refractivity (Wildman–Crippen MR) is 47.9 cm³/mol. The standard InChI is InChI=1S/C10H10F3NO/c11-10(12,13)9(15)14-6-5-7-3-1-2-4-8(7)14/h1-4,7-8H,5-6H2. The maximum atomic E-state index is 12.2. The minimum absolute atomic E-state index is 0.0429. The Morgan fingerprint density at radius 2 is 1.93 bits per heavy atom.